The van der Waals surface area contributed by atoms with Gasteiger partial charge < -0.3 is 0 Å². The van der Waals surface area contributed by atoms with Crippen molar-refractivity contribution in [2.45, 2.75) is 109 Å². The summed E-state index contributed by atoms with van der Waals surface area (Å²) in [5, 5.41) is 3.40. The van der Waals surface area contributed by atoms with Crippen molar-refractivity contribution in [2.75, 3.05) is 13.1 Å². The molecule has 0 aromatic heterocycles. The van der Waals surface area contributed by atoms with Gasteiger partial charge in [-0.2, -0.15) is 23.5 Å². The Morgan fingerprint density at radius 2 is 1.04 bits per heavy atom. The van der Waals surface area contributed by atoms with Crippen molar-refractivity contribution in [1.82, 2.24) is 9.80 Å². The fraction of sp³-hybridized carbons (Fsp3) is 0.833. The lowest BCUT2D eigenvalue weighted by atomic mass is 9.82. The highest BCUT2D eigenvalue weighted by molar-refractivity contribution is 8.01. The molecule has 0 spiro atoms. The molecule has 5 fully saturated rings. The molecule has 28 heavy (non-hydrogen) atoms. The highest BCUT2D eigenvalue weighted by Gasteiger charge is 2.53. The van der Waals surface area contributed by atoms with E-state index in [-0.39, 0.29) is 0 Å². The van der Waals surface area contributed by atoms with E-state index in [4.69, 9.17) is 0 Å². The van der Waals surface area contributed by atoms with E-state index in [1.54, 1.807) is 0 Å². The maximum Gasteiger partial charge on any atom is 0.0233 e. The molecule has 2 heterocycles. The Kier molecular flexibility index (Phi) is 6.21. The molecule has 5 rings (SSSR count). The Bertz CT molecular complexity index is 531. The molecule has 3 aliphatic carbocycles. The van der Waals surface area contributed by atoms with Crippen LogP contribution >= 0.6 is 23.5 Å². The summed E-state index contributed by atoms with van der Waals surface area (Å²) in [6, 6.07) is 3.19. The van der Waals surface area contributed by atoms with Crippen molar-refractivity contribution in [3.05, 3.63) is 25.3 Å². The average Bonchev–Trinajstić information content (AvgIpc) is 2.73. The van der Waals surface area contributed by atoms with Gasteiger partial charge in [0.15, 0.2) is 0 Å². The average molecular weight is 419 g/mol. The van der Waals surface area contributed by atoms with Crippen molar-refractivity contribution in [2.24, 2.45) is 0 Å². The Morgan fingerprint density at radius 1 is 0.607 bits per heavy atom. The van der Waals surface area contributed by atoms with Crippen LogP contribution in [0.4, 0.5) is 0 Å². The lowest BCUT2D eigenvalue weighted by Crippen LogP contribution is -2.66. The largest absolute Gasteiger partial charge is 0.292 e. The molecule has 2 aliphatic heterocycles. The van der Waals surface area contributed by atoms with Gasteiger partial charge >= 0.3 is 0 Å². The predicted molar refractivity (Wildman–Crippen MR) is 125 cm³/mol. The number of hydrogen-bond acceptors (Lipinski definition) is 4. The molecular formula is C24H38N2S2. The van der Waals surface area contributed by atoms with Gasteiger partial charge in [-0.05, 0) is 38.5 Å². The standard InChI is InChI=1S/C24H38N2S2/c1-3-13-25-17-9-5-7-11-21(17)27-23-16-20-24(15-19(23)25)28-22-12-8-6-10-18(22)26(20)14-4-2/h3-4,17-24H,1-2,5-16H2. The summed E-state index contributed by atoms with van der Waals surface area (Å²) in [4.78, 5) is 5.83. The van der Waals surface area contributed by atoms with Gasteiger partial charge in [-0.3, -0.25) is 9.80 Å². The zero-order valence-electron chi connectivity index (χ0n) is 17.4. The minimum Gasteiger partial charge on any atom is -0.292 e. The second kappa shape index (κ2) is 8.69. The number of rotatable bonds is 4. The summed E-state index contributed by atoms with van der Waals surface area (Å²) in [6.45, 7) is 10.5. The Labute approximate surface area is 180 Å². The van der Waals surface area contributed by atoms with Crippen LogP contribution in [0.25, 0.3) is 0 Å². The molecule has 5 aliphatic rings. The highest BCUT2D eigenvalue weighted by Crippen LogP contribution is 2.52. The van der Waals surface area contributed by atoms with Gasteiger partial charge in [0.25, 0.3) is 0 Å². The van der Waals surface area contributed by atoms with Gasteiger partial charge in [0, 0.05) is 58.3 Å². The quantitative estimate of drug-likeness (QED) is 0.568. The van der Waals surface area contributed by atoms with Crippen LogP contribution in [0.1, 0.15) is 64.2 Å². The van der Waals surface area contributed by atoms with Crippen LogP contribution in [0.5, 0.6) is 0 Å². The summed E-state index contributed by atoms with van der Waals surface area (Å²) in [5.41, 5.74) is 0. The lowest BCUT2D eigenvalue weighted by Gasteiger charge is -2.60. The SMILES string of the molecule is C=CCN1C2CCCCC2SC2CC3C(CC21)SC1CCCCC1N3CC=C. The first-order valence-corrected chi connectivity index (χ1v) is 13.7. The molecule has 0 N–H and O–H groups in total. The molecule has 156 valence electrons. The van der Waals surface area contributed by atoms with Gasteiger partial charge in [0.05, 0.1) is 0 Å². The monoisotopic (exact) mass is 418 g/mol. The Balaban J connectivity index is 1.40. The van der Waals surface area contributed by atoms with E-state index < -0.39 is 0 Å². The fourth-order valence-electron chi connectivity index (χ4n) is 7.10. The zero-order valence-corrected chi connectivity index (χ0v) is 19.0. The van der Waals surface area contributed by atoms with E-state index in [9.17, 15) is 0 Å². The van der Waals surface area contributed by atoms with Crippen LogP contribution in [0, 0.1) is 0 Å². The van der Waals surface area contributed by atoms with Crippen molar-refractivity contribution in [3.63, 3.8) is 0 Å². The molecule has 0 amide bonds. The third-order valence-electron chi connectivity index (χ3n) is 8.22. The molecule has 0 aromatic carbocycles. The van der Waals surface area contributed by atoms with Gasteiger partial charge in [0.2, 0.25) is 0 Å². The van der Waals surface area contributed by atoms with E-state index >= 15 is 0 Å². The van der Waals surface area contributed by atoms with Crippen LogP contribution in [-0.4, -0.2) is 68.1 Å². The van der Waals surface area contributed by atoms with Gasteiger partial charge in [-0.1, -0.05) is 37.8 Å². The number of thioether (sulfide) groups is 2. The molecule has 0 bridgehead atoms. The summed E-state index contributed by atoms with van der Waals surface area (Å²) < 4.78 is 0. The lowest BCUT2D eigenvalue weighted by molar-refractivity contribution is 0.0412. The van der Waals surface area contributed by atoms with Crippen LogP contribution in [0.15, 0.2) is 25.3 Å². The first-order valence-electron chi connectivity index (χ1n) is 11.8. The van der Waals surface area contributed by atoms with Crippen molar-refractivity contribution in [1.29, 1.82) is 0 Å². The van der Waals surface area contributed by atoms with E-state index in [1.165, 1.54) is 64.2 Å². The minimum absolute atomic E-state index is 0.779. The maximum absolute atomic E-state index is 4.13. The van der Waals surface area contributed by atoms with Gasteiger partial charge in [-0.25, -0.2) is 0 Å². The van der Waals surface area contributed by atoms with Crippen LogP contribution in [0.3, 0.4) is 0 Å². The van der Waals surface area contributed by atoms with E-state index in [0.717, 1.165) is 58.3 Å². The van der Waals surface area contributed by atoms with Crippen molar-refractivity contribution >= 4 is 23.5 Å². The van der Waals surface area contributed by atoms with Crippen LogP contribution in [-0.2, 0) is 0 Å². The van der Waals surface area contributed by atoms with Crippen LogP contribution < -0.4 is 0 Å². The summed E-state index contributed by atoms with van der Waals surface area (Å²) in [7, 11) is 0. The molecule has 3 saturated carbocycles. The third kappa shape index (κ3) is 3.55. The van der Waals surface area contributed by atoms with Crippen molar-refractivity contribution in [3.8, 4) is 0 Å². The van der Waals surface area contributed by atoms with Crippen molar-refractivity contribution < 1.29 is 0 Å². The third-order valence-corrected chi connectivity index (χ3v) is 11.7. The number of nitrogens with zero attached hydrogens (tertiary/aromatic N) is 2. The molecule has 2 saturated heterocycles. The molecule has 8 atom stereocenters. The zero-order chi connectivity index (χ0) is 19.1. The van der Waals surface area contributed by atoms with Gasteiger partial charge in [-0.15, -0.1) is 13.2 Å². The first-order chi connectivity index (χ1) is 13.8. The van der Waals surface area contributed by atoms with E-state index in [2.05, 4.69) is 58.6 Å². The predicted octanol–water partition coefficient (Wildman–Crippen LogP) is 5.35. The second-order valence-electron chi connectivity index (χ2n) is 9.71. The summed E-state index contributed by atoms with van der Waals surface area (Å²) >= 11 is 4.79. The highest BCUT2D eigenvalue weighted by atomic mass is 32.2. The molecule has 0 aromatic rings. The molecule has 8 unspecified atom stereocenters. The molecule has 0 radical (unpaired) electrons. The Morgan fingerprint density at radius 3 is 1.46 bits per heavy atom. The summed E-state index contributed by atoms with van der Waals surface area (Å²) in [6.07, 6.45) is 18.7. The van der Waals surface area contributed by atoms with Crippen LogP contribution in [0.2, 0.25) is 0 Å². The fourth-order valence-corrected chi connectivity index (χ4v) is 11.1. The Hall–Kier alpha value is 0.100. The smallest absolute Gasteiger partial charge is 0.0233 e. The minimum atomic E-state index is 0.779. The number of hydrogen-bond donors (Lipinski definition) is 0. The molecular weight excluding hydrogens is 380 g/mol. The topological polar surface area (TPSA) is 6.48 Å². The van der Waals surface area contributed by atoms with E-state index in [0.29, 0.717) is 0 Å². The second-order valence-corrected chi connectivity index (χ2v) is 12.7. The van der Waals surface area contributed by atoms with Gasteiger partial charge in [0.1, 0.15) is 0 Å². The molecule has 4 heteroatoms. The maximum atomic E-state index is 4.13. The first kappa shape index (κ1) is 20.0. The van der Waals surface area contributed by atoms with E-state index in [1.807, 2.05) is 0 Å². The summed E-state index contributed by atoms with van der Waals surface area (Å²) in [5.74, 6) is 0. The molecule has 2 nitrogen and oxygen atoms in total. The number of fused-ring (bicyclic) bond motifs is 4. The normalized spacial score (nSPS) is 46.6.